The third-order valence-electron chi connectivity index (χ3n) is 4.40. The van der Waals surface area contributed by atoms with Crippen molar-refractivity contribution in [2.75, 3.05) is 11.5 Å². The molecule has 0 aliphatic rings. The van der Waals surface area contributed by atoms with Gasteiger partial charge in [-0.3, -0.25) is 0 Å². The largest absolute Gasteiger partial charge is 0.382 e. The van der Waals surface area contributed by atoms with Gasteiger partial charge in [-0.05, 0) is 31.0 Å². The monoisotopic (exact) mass is 394 g/mol. The average Bonchev–Trinajstić information content (AvgIpc) is 2.97. The smallest absolute Gasteiger partial charge is 0.181 e. The first kappa shape index (κ1) is 19.2. The van der Waals surface area contributed by atoms with Crippen LogP contribution in [-0.4, -0.2) is 28.7 Å². The number of aromatic nitrogens is 3. The number of aryl methyl sites for hydroxylation is 3. The molecule has 9 heteroatoms. The summed E-state index contributed by atoms with van der Waals surface area (Å²) >= 11 is 0. The summed E-state index contributed by atoms with van der Waals surface area (Å²) < 4.78 is 53.6. The number of imidazole rings is 1. The van der Waals surface area contributed by atoms with Crippen molar-refractivity contribution in [3.05, 3.63) is 47.4 Å². The van der Waals surface area contributed by atoms with Crippen molar-refractivity contribution in [2.45, 2.75) is 38.1 Å². The number of nitrogens with zero attached hydrogens (tertiary/aromatic N) is 3. The zero-order valence-electron chi connectivity index (χ0n) is 15.0. The Morgan fingerprint density at radius 1 is 1.26 bits per heavy atom. The second-order valence-electron chi connectivity index (χ2n) is 6.30. The molecule has 2 heterocycles. The second-order valence-corrected chi connectivity index (χ2v) is 8.38. The van der Waals surface area contributed by atoms with Crippen molar-refractivity contribution < 1.29 is 17.2 Å². The predicted octanol–water partition coefficient (Wildman–Crippen LogP) is 3.03. The number of benzene rings is 1. The van der Waals surface area contributed by atoms with E-state index in [0.717, 1.165) is 29.0 Å². The number of anilines is 1. The highest BCUT2D eigenvalue weighted by atomic mass is 32.2. The normalized spacial score (nSPS) is 12.0. The summed E-state index contributed by atoms with van der Waals surface area (Å²) in [5.74, 6) is -1.06. The van der Waals surface area contributed by atoms with Crippen molar-refractivity contribution in [2.24, 2.45) is 0 Å². The predicted molar refractivity (Wildman–Crippen MR) is 99.1 cm³/mol. The molecule has 2 aromatic heterocycles. The Morgan fingerprint density at radius 3 is 2.67 bits per heavy atom. The Morgan fingerprint density at radius 2 is 2.00 bits per heavy atom. The second kappa shape index (κ2) is 7.22. The van der Waals surface area contributed by atoms with E-state index in [1.165, 1.54) is 0 Å². The lowest BCUT2D eigenvalue weighted by Crippen LogP contribution is -2.13. The van der Waals surface area contributed by atoms with Gasteiger partial charge >= 0.3 is 0 Å². The van der Waals surface area contributed by atoms with Gasteiger partial charge in [0.15, 0.2) is 15.7 Å². The summed E-state index contributed by atoms with van der Waals surface area (Å²) in [7, 11) is -3.86. The molecule has 0 fully saturated rings. The molecule has 0 spiro atoms. The summed E-state index contributed by atoms with van der Waals surface area (Å²) in [6.07, 6.45) is 2.55. The molecule has 0 bridgehead atoms. The van der Waals surface area contributed by atoms with Crippen molar-refractivity contribution >= 4 is 26.7 Å². The number of rotatable bonds is 6. The fraction of sp³-hybridized carbons (Fsp3) is 0.333. The number of sulfone groups is 1. The van der Waals surface area contributed by atoms with Gasteiger partial charge in [-0.1, -0.05) is 6.92 Å². The fourth-order valence-corrected chi connectivity index (χ4v) is 4.49. The SMILES string of the molecule is CCc1nc2c(N)ncc(C)c2n1CCCS(=O)(=O)c1ccc(F)cc1F. The number of hydrogen-bond donors (Lipinski definition) is 1. The maximum Gasteiger partial charge on any atom is 0.181 e. The number of nitrogen functional groups attached to an aromatic ring is 1. The Labute approximate surface area is 156 Å². The van der Waals surface area contributed by atoms with Gasteiger partial charge in [0.2, 0.25) is 0 Å². The Kier molecular flexibility index (Phi) is 5.14. The first-order valence-electron chi connectivity index (χ1n) is 8.52. The molecule has 144 valence electrons. The Hall–Kier alpha value is -2.55. The molecule has 0 radical (unpaired) electrons. The van der Waals surface area contributed by atoms with E-state index < -0.39 is 26.4 Å². The van der Waals surface area contributed by atoms with Gasteiger partial charge in [0, 0.05) is 25.2 Å². The molecule has 27 heavy (non-hydrogen) atoms. The van der Waals surface area contributed by atoms with E-state index in [1.807, 2.05) is 18.4 Å². The molecule has 2 N–H and O–H groups in total. The highest BCUT2D eigenvalue weighted by Crippen LogP contribution is 2.25. The van der Waals surface area contributed by atoms with E-state index in [9.17, 15) is 17.2 Å². The van der Waals surface area contributed by atoms with Crippen LogP contribution in [0.15, 0.2) is 29.3 Å². The maximum atomic E-state index is 13.8. The van der Waals surface area contributed by atoms with Crippen molar-refractivity contribution in [3.63, 3.8) is 0 Å². The summed E-state index contributed by atoms with van der Waals surface area (Å²) in [6, 6.07) is 2.47. The van der Waals surface area contributed by atoms with E-state index >= 15 is 0 Å². The fourth-order valence-electron chi connectivity index (χ4n) is 3.13. The van der Waals surface area contributed by atoms with E-state index in [0.29, 0.717) is 30.4 Å². The first-order chi connectivity index (χ1) is 12.7. The molecule has 6 nitrogen and oxygen atoms in total. The molecule has 3 rings (SSSR count). The number of nitrogens with two attached hydrogens (primary N) is 1. The molecule has 0 aliphatic heterocycles. The van der Waals surface area contributed by atoms with Crippen LogP contribution in [0.25, 0.3) is 11.0 Å². The number of pyridine rings is 1. The minimum Gasteiger partial charge on any atom is -0.382 e. The van der Waals surface area contributed by atoms with Gasteiger partial charge in [-0.2, -0.15) is 0 Å². The van der Waals surface area contributed by atoms with Crippen LogP contribution in [0, 0.1) is 18.6 Å². The lowest BCUT2D eigenvalue weighted by atomic mass is 10.2. The van der Waals surface area contributed by atoms with Crippen molar-refractivity contribution in [3.8, 4) is 0 Å². The van der Waals surface area contributed by atoms with Crippen molar-refractivity contribution in [1.82, 2.24) is 14.5 Å². The van der Waals surface area contributed by atoms with E-state index in [4.69, 9.17) is 5.73 Å². The molecule has 1 aromatic carbocycles. The first-order valence-corrected chi connectivity index (χ1v) is 10.2. The average molecular weight is 394 g/mol. The summed E-state index contributed by atoms with van der Waals surface area (Å²) in [4.78, 5) is 8.13. The van der Waals surface area contributed by atoms with Crippen LogP contribution in [-0.2, 0) is 22.8 Å². The van der Waals surface area contributed by atoms with Crippen molar-refractivity contribution in [1.29, 1.82) is 0 Å². The highest BCUT2D eigenvalue weighted by Gasteiger charge is 2.20. The lowest BCUT2D eigenvalue weighted by Gasteiger charge is -2.10. The molecule has 0 saturated carbocycles. The summed E-state index contributed by atoms with van der Waals surface area (Å²) in [6.45, 7) is 4.21. The minimum atomic E-state index is -3.86. The standard InChI is InChI=1S/C18H20F2N4O2S/c1-3-15-23-16-17(11(2)10-22-18(16)21)24(15)7-4-8-27(25,26)14-6-5-12(19)9-13(14)20/h5-6,9-10H,3-4,7-8H2,1-2H3,(H2,21,22). The Balaban J connectivity index is 1.86. The van der Waals surface area contributed by atoms with Crippen LogP contribution < -0.4 is 5.73 Å². The van der Waals surface area contributed by atoms with Crippen LogP contribution in [0.1, 0.15) is 24.7 Å². The maximum absolute atomic E-state index is 13.8. The van der Waals surface area contributed by atoms with Crippen LogP contribution in [0.4, 0.5) is 14.6 Å². The zero-order valence-corrected chi connectivity index (χ0v) is 15.9. The molecular formula is C18H20F2N4O2S. The van der Waals surface area contributed by atoms with E-state index in [1.54, 1.807) is 6.20 Å². The van der Waals surface area contributed by atoms with Crippen LogP contribution in [0.5, 0.6) is 0 Å². The van der Waals surface area contributed by atoms with Crippen LogP contribution in [0.3, 0.4) is 0 Å². The lowest BCUT2D eigenvalue weighted by molar-refractivity contribution is 0.546. The van der Waals surface area contributed by atoms with Gasteiger partial charge < -0.3 is 10.3 Å². The molecular weight excluding hydrogens is 374 g/mol. The van der Waals surface area contributed by atoms with E-state index in [-0.39, 0.29) is 12.2 Å². The molecule has 0 unspecified atom stereocenters. The van der Waals surface area contributed by atoms with Crippen LogP contribution in [0.2, 0.25) is 0 Å². The topological polar surface area (TPSA) is 90.9 Å². The highest BCUT2D eigenvalue weighted by molar-refractivity contribution is 7.91. The molecule has 0 aliphatic carbocycles. The van der Waals surface area contributed by atoms with E-state index in [2.05, 4.69) is 9.97 Å². The minimum absolute atomic E-state index is 0.249. The van der Waals surface area contributed by atoms with Crippen LogP contribution >= 0.6 is 0 Å². The molecule has 0 saturated heterocycles. The Bertz CT molecular complexity index is 1110. The van der Waals surface area contributed by atoms with Gasteiger partial charge in [-0.15, -0.1) is 0 Å². The van der Waals surface area contributed by atoms with Gasteiger partial charge in [0.25, 0.3) is 0 Å². The zero-order chi connectivity index (χ0) is 19.8. The van der Waals surface area contributed by atoms with Gasteiger partial charge in [0.05, 0.1) is 11.3 Å². The van der Waals surface area contributed by atoms with Gasteiger partial charge in [0.1, 0.15) is 27.9 Å². The number of hydrogen-bond acceptors (Lipinski definition) is 5. The molecule has 3 aromatic rings. The van der Waals surface area contributed by atoms with Gasteiger partial charge in [-0.25, -0.2) is 27.2 Å². The molecule has 0 amide bonds. The third kappa shape index (κ3) is 3.64. The molecule has 0 atom stereocenters. The number of fused-ring (bicyclic) bond motifs is 1. The summed E-state index contributed by atoms with van der Waals surface area (Å²) in [5, 5.41) is 0. The quantitative estimate of drug-likeness (QED) is 0.649. The number of halogens is 2. The summed E-state index contributed by atoms with van der Waals surface area (Å²) in [5.41, 5.74) is 8.22. The third-order valence-corrected chi connectivity index (χ3v) is 6.23.